The molecular weight excluding hydrogens is 230 g/mol. The number of rotatable bonds is 4. The minimum absolute atomic E-state index is 0.332. The van der Waals surface area contributed by atoms with Gasteiger partial charge in [-0.25, -0.2) is 0 Å². The van der Waals surface area contributed by atoms with E-state index in [1.165, 1.54) is 0 Å². The molecule has 2 heterocycles. The lowest BCUT2D eigenvalue weighted by atomic mass is 9.88. The number of carboxylic acids is 1. The van der Waals surface area contributed by atoms with Crippen molar-refractivity contribution < 1.29 is 14.6 Å². The minimum atomic E-state index is -0.657. The maximum atomic E-state index is 10.6. The van der Waals surface area contributed by atoms with E-state index in [9.17, 15) is 4.79 Å². The second kappa shape index (κ2) is 6.53. The number of hydrogen-bond acceptors (Lipinski definition) is 3. The van der Waals surface area contributed by atoms with Crippen molar-refractivity contribution in [3.05, 3.63) is 0 Å². The fourth-order valence-corrected chi connectivity index (χ4v) is 3.31. The molecule has 0 radical (unpaired) electrons. The number of ether oxygens (including phenoxy) is 1. The number of carboxylic acid groups (broad SMARTS) is 1. The van der Waals surface area contributed by atoms with Crippen LogP contribution in [-0.4, -0.2) is 48.3 Å². The van der Waals surface area contributed by atoms with Crippen LogP contribution < -0.4 is 0 Å². The van der Waals surface area contributed by atoms with E-state index >= 15 is 0 Å². The molecule has 2 rings (SSSR count). The largest absolute Gasteiger partial charge is 0.481 e. The summed E-state index contributed by atoms with van der Waals surface area (Å²) in [5.41, 5.74) is 0. The van der Waals surface area contributed by atoms with Crippen LogP contribution in [0.4, 0.5) is 0 Å². The van der Waals surface area contributed by atoms with Crippen molar-refractivity contribution in [1.82, 2.24) is 4.90 Å². The Morgan fingerprint density at radius 3 is 2.67 bits per heavy atom. The highest BCUT2D eigenvalue weighted by Gasteiger charge is 2.30. The molecule has 104 valence electrons. The van der Waals surface area contributed by atoms with E-state index in [2.05, 4.69) is 11.8 Å². The molecule has 0 amide bonds. The average molecular weight is 255 g/mol. The molecule has 0 aliphatic carbocycles. The van der Waals surface area contributed by atoms with Crippen LogP contribution >= 0.6 is 0 Å². The highest BCUT2D eigenvalue weighted by atomic mass is 16.5. The Bertz CT molecular complexity index is 274. The number of aliphatic carboxylic acids is 1. The van der Waals surface area contributed by atoms with Gasteiger partial charge in [-0.05, 0) is 50.6 Å². The second-order valence-corrected chi connectivity index (χ2v) is 5.82. The van der Waals surface area contributed by atoms with E-state index in [-0.39, 0.29) is 0 Å². The van der Waals surface area contributed by atoms with Gasteiger partial charge in [0, 0.05) is 19.1 Å². The highest BCUT2D eigenvalue weighted by molar-refractivity contribution is 5.66. The SMILES string of the molecule is CC1COCCC1N1CCC(CCC(=O)O)CC1. The lowest BCUT2D eigenvalue weighted by Gasteiger charge is -2.42. The Morgan fingerprint density at radius 2 is 2.06 bits per heavy atom. The van der Waals surface area contributed by atoms with Crippen molar-refractivity contribution in [2.45, 2.75) is 45.1 Å². The van der Waals surface area contributed by atoms with Crippen LogP contribution in [0.2, 0.25) is 0 Å². The van der Waals surface area contributed by atoms with E-state index in [1.54, 1.807) is 0 Å². The van der Waals surface area contributed by atoms with E-state index in [0.29, 0.717) is 24.3 Å². The van der Waals surface area contributed by atoms with Crippen molar-refractivity contribution in [1.29, 1.82) is 0 Å². The third kappa shape index (κ3) is 3.69. The Kier molecular flexibility index (Phi) is 5.01. The molecule has 0 aromatic rings. The molecule has 0 aromatic carbocycles. The number of hydrogen-bond donors (Lipinski definition) is 1. The summed E-state index contributed by atoms with van der Waals surface area (Å²) >= 11 is 0. The van der Waals surface area contributed by atoms with E-state index in [0.717, 1.165) is 52.0 Å². The Hall–Kier alpha value is -0.610. The van der Waals surface area contributed by atoms with Gasteiger partial charge in [-0.2, -0.15) is 0 Å². The second-order valence-electron chi connectivity index (χ2n) is 5.82. The van der Waals surface area contributed by atoms with Gasteiger partial charge in [-0.1, -0.05) is 6.92 Å². The summed E-state index contributed by atoms with van der Waals surface area (Å²) in [4.78, 5) is 13.2. The van der Waals surface area contributed by atoms with Crippen LogP contribution in [0.25, 0.3) is 0 Å². The quantitative estimate of drug-likeness (QED) is 0.834. The Morgan fingerprint density at radius 1 is 1.33 bits per heavy atom. The fraction of sp³-hybridized carbons (Fsp3) is 0.929. The third-order valence-electron chi connectivity index (χ3n) is 4.48. The van der Waals surface area contributed by atoms with Crippen LogP contribution in [0.5, 0.6) is 0 Å². The van der Waals surface area contributed by atoms with Crippen LogP contribution in [0.1, 0.15) is 39.0 Å². The summed E-state index contributed by atoms with van der Waals surface area (Å²) in [6.45, 7) is 6.34. The summed E-state index contributed by atoms with van der Waals surface area (Å²) in [5.74, 6) is 0.595. The maximum Gasteiger partial charge on any atom is 0.303 e. The van der Waals surface area contributed by atoms with Crippen LogP contribution in [-0.2, 0) is 9.53 Å². The summed E-state index contributed by atoms with van der Waals surface area (Å²) in [6.07, 6.45) is 4.67. The lowest BCUT2D eigenvalue weighted by molar-refractivity contribution is -0.137. The Balaban J connectivity index is 1.74. The normalized spacial score (nSPS) is 31.4. The molecule has 1 N–H and O–H groups in total. The molecule has 2 saturated heterocycles. The van der Waals surface area contributed by atoms with Gasteiger partial charge in [0.05, 0.1) is 6.61 Å². The van der Waals surface area contributed by atoms with Crippen molar-refractivity contribution in [2.24, 2.45) is 11.8 Å². The standard InChI is InChI=1S/C14H25NO3/c1-11-10-18-9-6-13(11)15-7-4-12(5-8-15)2-3-14(16)17/h11-13H,2-10H2,1H3,(H,16,17). The molecule has 2 atom stereocenters. The van der Waals surface area contributed by atoms with Gasteiger partial charge in [-0.15, -0.1) is 0 Å². The predicted molar refractivity (Wildman–Crippen MR) is 69.6 cm³/mol. The first-order chi connectivity index (χ1) is 8.66. The van der Waals surface area contributed by atoms with Gasteiger partial charge in [0.15, 0.2) is 0 Å². The molecule has 0 spiro atoms. The zero-order chi connectivity index (χ0) is 13.0. The minimum Gasteiger partial charge on any atom is -0.481 e. The van der Waals surface area contributed by atoms with E-state index in [1.807, 2.05) is 0 Å². The molecule has 18 heavy (non-hydrogen) atoms. The van der Waals surface area contributed by atoms with Crippen LogP contribution in [0.15, 0.2) is 0 Å². The van der Waals surface area contributed by atoms with Gasteiger partial charge >= 0.3 is 5.97 Å². The van der Waals surface area contributed by atoms with Gasteiger partial charge in [0.2, 0.25) is 0 Å². The summed E-state index contributed by atoms with van der Waals surface area (Å²) in [5, 5.41) is 8.71. The first-order valence-electron chi connectivity index (χ1n) is 7.20. The number of carbonyl (C=O) groups is 1. The molecule has 4 heteroatoms. The number of piperidine rings is 1. The zero-order valence-corrected chi connectivity index (χ0v) is 11.3. The molecule has 2 unspecified atom stereocenters. The maximum absolute atomic E-state index is 10.6. The lowest BCUT2D eigenvalue weighted by Crippen LogP contribution is -2.48. The first-order valence-corrected chi connectivity index (χ1v) is 7.20. The third-order valence-corrected chi connectivity index (χ3v) is 4.48. The topological polar surface area (TPSA) is 49.8 Å². The van der Waals surface area contributed by atoms with Crippen LogP contribution in [0, 0.1) is 11.8 Å². The van der Waals surface area contributed by atoms with Crippen molar-refractivity contribution in [2.75, 3.05) is 26.3 Å². The summed E-state index contributed by atoms with van der Waals surface area (Å²) in [7, 11) is 0. The van der Waals surface area contributed by atoms with E-state index in [4.69, 9.17) is 9.84 Å². The van der Waals surface area contributed by atoms with Crippen LogP contribution in [0.3, 0.4) is 0 Å². The molecule has 0 aromatic heterocycles. The highest BCUT2D eigenvalue weighted by Crippen LogP contribution is 2.27. The molecule has 0 saturated carbocycles. The van der Waals surface area contributed by atoms with Gasteiger partial charge < -0.3 is 9.84 Å². The molecule has 2 aliphatic rings. The predicted octanol–water partition coefficient (Wildman–Crippen LogP) is 1.99. The van der Waals surface area contributed by atoms with Crippen molar-refractivity contribution in [3.63, 3.8) is 0 Å². The van der Waals surface area contributed by atoms with Gasteiger partial charge in [0.25, 0.3) is 0 Å². The average Bonchev–Trinajstić information content (AvgIpc) is 2.38. The van der Waals surface area contributed by atoms with Crippen molar-refractivity contribution >= 4 is 5.97 Å². The van der Waals surface area contributed by atoms with E-state index < -0.39 is 5.97 Å². The first kappa shape index (κ1) is 13.8. The molecule has 0 bridgehead atoms. The molecule has 2 fully saturated rings. The monoisotopic (exact) mass is 255 g/mol. The summed E-state index contributed by atoms with van der Waals surface area (Å²) in [6, 6.07) is 0.680. The van der Waals surface area contributed by atoms with Crippen molar-refractivity contribution in [3.8, 4) is 0 Å². The number of nitrogens with zero attached hydrogens (tertiary/aromatic N) is 1. The zero-order valence-electron chi connectivity index (χ0n) is 11.3. The fourth-order valence-electron chi connectivity index (χ4n) is 3.31. The van der Waals surface area contributed by atoms with Gasteiger partial charge in [0.1, 0.15) is 0 Å². The smallest absolute Gasteiger partial charge is 0.303 e. The molecular formula is C14H25NO3. The summed E-state index contributed by atoms with van der Waals surface area (Å²) < 4.78 is 5.50. The van der Waals surface area contributed by atoms with Gasteiger partial charge in [-0.3, -0.25) is 9.69 Å². The molecule has 2 aliphatic heterocycles. The molecule has 4 nitrogen and oxygen atoms in total. The number of likely N-dealkylation sites (tertiary alicyclic amines) is 1. The Labute approximate surface area is 109 Å².